The van der Waals surface area contributed by atoms with Crippen molar-refractivity contribution < 1.29 is 19.1 Å². The second-order valence-corrected chi connectivity index (χ2v) is 7.26. The molecule has 0 atom stereocenters. The van der Waals surface area contributed by atoms with E-state index in [1.165, 1.54) is 0 Å². The standard InChI is InChI=1S/C24H19ClN2O4/c1-30-22-5-3-2-4-20(22)27-23(28)15-6-9-19(10-7-15)26-24(29)17-12-16-13-18(25)8-11-21(16)31-14-17/h2-13H,14H2,1H3,(H,26,29)(H,27,28). The van der Waals surface area contributed by atoms with Crippen molar-refractivity contribution >= 4 is 40.9 Å². The highest BCUT2D eigenvalue weighted by Gasteiger charge is 2.18. The number of fused-ring (bicyclic) bond motifs is 1. The molecule has 0 radical (unpaired) electrons. The van der Waals surface area contributed by atoms with Gasteiger partial charge in [-0.15, -0.1) is 0 Å². The van der Waals surface area contributed by atoms with Crippen LogP contribution < -0.4 is 20.1 Å². The lowest BCUT2D eigenvalue weighted by Crippen LogP contribution is -2.21. The number of anilines is 2. The minimum Gasteiger partial charge on any atom is -0.495 e. The van der Waals surface area contributed by atoms with Gasteiger partial charge in [0.15, 0.2) is 0 Å². The fraction of sp³-hybridized carbons (Fsp3) is 0.0833. The van der Waals surface area contributed by atoms with Crippen molar-refractivity contribution in [3.05, 3.63) is 88.5 Å². The van der Waals surface area contributed by atoms with Crippen LogP contribution in [0.2, 0.25) is 5.02 Å². The molecule has 0 aromatic heterocycles. The van der Waals surface area contributed by atoms with E-state index in [1.807, 2.05) is 12.1 Å². The maximum absolute atomic E-state index is 12.6. The van der Waals surface area contributed by atoms with Gasteiger partial charge in [-0.05, 0) is 60.7 Å². The van der Waals surface area contributed by atoms with Crippen LogP contribution in [0.1, 0.15) is 15.9 Å². The van der Waals surface area contributed by atoms with Crippen LogP contribution in [0.3, 0.4) is 0 Å². The summed E-state index contributed by atoms with van der Waals surface area (Å²) in [6, 6.07) is 19.1. The Hall–Kier alpha value is -3.77. The molecule has 0 spiro atoms. The van der Waals surface area contributed by atoms with E-state index in [-0.39, 0.29) is 18.4 Å². The number of para-hydroxylation sites is 2. The molecule has 0 fully saturated rings. The quantitative estimate of drug-likeness (QED) is 0.591. The minimum absolute atomic E-state index is 0.167. The van der Waals surface area contributed by atoms with Gasteiger partial charge in [0.25, 0.3) is 11.8 Å². The SMILES string of the molecule is COc1ccccc1NC(=O)c1ccc(NC(=O)C2=Cc3cc(Cl)ccc3OC2)cc1. The van der Waals surface area contributed by atoms with Crippen LogP contribution in [-0.4, -0.2) is 25.5 Å². The van der Waals surface area contributed by atoms with Crippen LogP contribution in [0, 0.1) is 0 Å². The van der Waals surface area contributed by atoms with Crippen molar-refractivity contribution in [3.8, 4) is 11.5 Å². The van der Waals surface area contributed by atoms with E-state index >= 15 is 0 Å². The van der Waals surface area contributed by atoms with Gasteiger partial charge >= 0.3 is 0 Å². The zero-order valence-corrected chi connectivity index (χ0v) is 17.4. The Bertz CT molecular complexity index is 1170. The Labute approximate surface area is 184 Å². The van der Waals surface area contributed by atoms with E-state index in [2.05, 4.69) is 10.6 Å². The summed E-state index contributed by atoms with van der Waals surface area (Å²) in [6.07, 6.45) is 1.76. The molecule has 2 amide bonds. The largest absolute Gasteiger partial charge is 0.495 e. The third-order valence-electron chi connectivity index (χ3n) is 4.74. The topological polar surface area (TPSA) is 76.7 Å². The minimum atomic E-state index is -0.281. The van der Waals surface area contributed by atoms with Gasteiger partial charge in [-0.2, -0.15) is 0 Å². The number of hydrogen-bond donors (Lipinski definition) is 2. The lowest BCUT2D eigenvalue weighted by molar-refractivity contribution is -0.113. The Morgan fingerprint density at radius 2 is 1.74 bits per heavy atom. The van der Waals surface area contributed by atoms with Gasteiger partial charge in [-0.3, -0.25) is 9.59 Å². The predicted octanol–water partition coefficient (Wildman–Crippen LogP) is 5.02. The molecule has 3 aromatic carbocycles. The molecule has 1 aliphatic rings. The number of carbonyl (C=O) groups excluding carboxylic acids is 2. The van der Waals surface area contributed by atoms with Gasteiger partial charge in [0.05, 0.1) is 18.4 Å². The number of hydrogen-bond acceptors (Lipinski definition) is 4. The normalized spacial score (nSPS) is 12.1. The van der Waals surface area contributed by atoms with E-state index in [4.69, 9.17) is 21.1 Å². The van der Waals surface area contributed by atoms with Crippen molar-refractivity contribution in [3.63, 3.8) is 0 Å². The molecule has 3 aromatic rings. The lowest BCUT2D eigenvalue weighted by atomic mass is 10.1. The summed E-state index contributed by atoms with van der Waals surface area (Å²) in [5, 5.41) is 6.21. The first kappa shape index (κ1) is 20.5. The van der Waals surface area contributed by atoms with Crippen molar-refractivity contribution in [2.75, 3.05) is 24.4 Å². The van der Waals surface area contributed by atoms with Crippen LogP contribution in [0.15, 0.2) is 72.3 Å². The molecule has 4 rings (SSSR count). The second kappa shape index (κ2) is 8.93. The molecule has 1 heterocycles. The molecule has 156 valence electrons. The number of ether oxygens (including phenoxy) is 2. The Morgan fingerprint density at radius 3 is 2.52 bits per heavy atom. The first-order chi connectivity index (χ1) is 15.0. The number of halogens is 1. The molecular weight excluding hydrogens is 416 g/mol. The summed E-state index contributed by atoms with van der Waals surface area (Å²) in [4.78, 5) is 25.1. The van der Waals surface area contributed by atoms with Crippen LogP contribution in [0.4, 0.5) is 11.4 Å². The molecule has 0 saturated heterocycles. The average Bonchev–Trinajstić information content (AvgIpc) is 2.79. The zero-order chi connectivity index (χ0) is 21.8. The number of amides is 2. The fourth-order valence-electron chi connectivity index (χ4n) is 3.14. The Kier molecular flexibility index (Phi) is 5.91. The van der Waals surface area contributed by atoms with E-state index in [1.54, 1.807) is 67.8 Å². The molecule has 7 heteroatoms. The third-order valence-corrected chi connectivity index (χ3v) is 4.97. The van der Waals surface area contributed by atoms with Crippen LogP contribution in [-0.2, 0) is 4.79 Å². The van der Waals surface area contributed by atoms with Crippen molar-refractivity contribution in [1.29, 1.82) is 0 Å². The van der Waals surface area contributed by atoms with Gasteiger partial charge in [-0.1, -0.05) is 23.7 Å². The third kappa shape index (κ3) is 4.70. The predicted molar refractivity (Wildman–Crippen MR) is 121 cm³/mol. The maximum Gasteiger partial charge on any atom is 0.255 e. The van der Waals surface area contributed by atoms with Gasteiger partial charge < -0.3 is 20.1 Å². The van der Waals surface area contributed by atoms with Crippen LogP contribution >= 0.6 is 11.6 Å². The number of benzene rings is 3. The number of nitrogens with one attached hydrogen (secondary N) is 2. The Balaban J connectivity index is 1.43. The number of rotatable bonds is 5. The monoisotopic (exact) mass is 434 g/mol. The van der Waals surface area contributed by atoms with E-state index in [0.717, 1.165) is 5.56 Å². The summed E-state index contributed by atoms with van der Waals surface area (Å²) in [5.74, 6) is 0.702. The van der Waals surface area contributed by atoms with Crippen molar-refractivity contribution in [2.45, 2.75) is 0 Å². The van der Waals surface area contributed by atoms with E-state index in [9.17, 15) is 9.59 Å². The number of carbonyl (C=O) groups is 2. The van der Waals surface area contributed by atoms with Crippen LogP contribution in [0.25, 0.3) is 6.08 Å². The number of methoxy groups -OCH3 is 1. The summed E-state index contributed by atoms with van der Waals surface area (Å²) >= 11 is 6.02. The highest BCUT2D eigenvalue weighted by molar-refractivity contribution is 6.30. The summed E-state index contributed by atoms with van der Waals surface area (Å²) in [6.45, 7) is 0.167. The summed E-state index contributed by atoms with van der Waals surface area (Å²) in [5.41, 5.74) is 2.83. The smallest absolute Gasteiger partial charge is 0.255 e. The highest BCUT2D eigenvalue weighted by Crippen LogP contribution is 2.29. The molecule has 1 aliphatic heterocycles. The Morgan fingerprint density at radius 1 is 0.968 bits per heavy atom. The molecule has 0 saturated carbocycles. The second-order valence-electron chi connectivity index (χ2n) is 6.83. The highest BCUT2D eigenvalue weighted by atomic mass is 35.5. The summed E-state index contributed by atoms with van der Waals surface area (Å²) in [7, 11) is 1.54. The molecule has 31 heavy (non-hydrogen) atoms. The molecular formula is C24H19ClN2O4. The summed E-state index contributed by atoms with van der Waals surface area (Å²) < 4.78 is 10.9. The van der Waals surface area contributed by atoms with Crippen LogP contribution in [0.5, 0.6) is 11.5 Å². The van der Waals surface area contributed by atoms with Crippen molar-refractivity contribution in [1.82, 2.24) is 0 Å². The first-order valence-electron chi connectivity index (χ1n) is 9.52. The molecule has 0 unspecified atom stereocenters. The first-order valence-corrected chi connectivity index (χ1v) is 9.90. The molecule has 0 aliphatic carbocycles. The average molecular weight is 435 g/mol. The molecule has 2 N–H and O–H groups in total. The van der Waals surface area contributed by atoms with Gasteiger partial charge in [-0.25, -0.2) is 0 Å². The maximum atomic E-state index is 12.6. The molecule has 6 nitrogen and oxygen atoms in total. The van der Waals surface area contributed by atoms with Gasteiger partial charge in [0, 0.05) is 21.8 Å². The zero-order valence-electron chi connectivity index (χ0n) is 16.6. The molecule has 0 bridgehead atoms. The lowest BCUT2D eigenvalue weighted by Gasteiger charge is -2.18. The fourth-order valence-corrected chi connectivity index (χ4v) is 3.32. The van der Waals surface area contributed by atoms with Crippen molar-refractivity contribution in [2.24, 2.45) is 0 Å². The van der Waals surface area contributed by atoms with E-state index < -0.39 is 0 Å². The van der Waals surface area contributed by atoms with E-state index in [0.29, 0.717) is 39.0 Å². The van der Waals surface area contributed by atoms with Gasteiger partial charge in [0.2, 0.25) is 0 Å². The van der Waals surface area contributed by atoms with Gasteiger partial charge in [0.1, 0.15) is 18.1 Å².